The van der Waals surface area contributed by atoms with Crippen molar-refractivity contribution in [2.75, 3.05) is 19.5 Å². The maximum atomic E-state index is 12.1. The molecule has 0 fully saturated rings. The molecule has 0 saturated carbocycles. The van der Waals surface area contributed by atoms with Crippen molar-refractivity contribution in [3.8, 4) is 11.5 Å². The Hall–Kier alpha value is -2.46. The van der Waals surface area contributed by atoms with Crippen LogP contribution in [-0.2, 0) is 11.2 Å². The smallest absolute Gasteiger partial charge is 0.248 e. The molecule has 5 heteroatoms. The number of rotatable bonds is 6. The van der Waals surface area contributed by atoms with Gasteiger partial charge in [-0.25, -0.2) is 0 Å². The third-order valence-electron chi connectivity index (χ3n) is 3.54. The van der Waals surface area contributed by atoms with Crippen LogP contribution in [0.15, 0.2) is 42.5 Å². The van der Waals surface area contributed by atoms with Crippen molar-refractivity contribution in [3.05, 3.63) is 58.6 Å². The van der Waals surface area contributed by atoms with Crippen LogP contribution in [0, 0.1) is 0 Å². The number of anilines is 1. The number of nitrogens with one attached hydrogen (secondary N) is 1. The van der Waals surface area contributed by atoms with E-state index in [9.17, 15) is 4.79 Å². The van der Waals surface area contributed by atoms with Crippen molar-refractivity contribution < 1.29 is 14.3 Å². The number of carbonyl (C=O) groups is 1. The zero-order chi connectivity index (χ0) is 17.5. The minimum atomic E-state index is -0.207. The monoisotopic (exact) mass is 345 g/mol. The molecule has 1 amide bonds. The topological polar surface area (TPSA) is 47.6 Å². The van der Waals surface area contributed by atoms with E-state index in [1.807, 2.05) is 31.2 Å². The van der Waals surface area contributed by atoms with Crippen LogP contribution in [0.1, 0.15) is 18.1 Å². The first-order valence-corrected chi connectivity index (χ1v) is 7.95. The fraction of sp³-hybridized carbons (Fsp3) is 0.211. The number of halogens is 1. The first-order chi connectivity index (χ1) is 11.6. The molecule has 126 valence electrons. The van der Waals surface area contributed by atoms with E-state index in [0.717, 1.165) is 23.2 Å². The minimum absolute atomic E-state index is 0.207. The number of benzene rings is 2. The van der Waals surface area contributed by atoms with Gasteiger partial charge in [-0.3, -0.25) is 4.79 Å². The number of hydrogen-bond donors (Lipinski definition) is 1. The van der Waals surface area contributed by atoms with Gasteiger partial charge in [0.2, 0.25) is 5.91 Å². The van der Waals surface area contributed by atoms with Gasteiger partial charge in [-0.1, -0.05) is 36.7 Å². The number of para-hydroxylation sites is 1. The fourth-order valence-electron chi connectivity index (χ4n) is 2.33. The molecule has 0 heterocycles. The summed E-state index contributed by atoms with van der Waals surface area (Å²) in [5.74, 6) is 0.779. The van der Waals surface area contributed by atoms with E-state index in [-0.39, 0.29) is 5.91 Å². The van der Waals surface area contributed by atoms with E-state index < -0.39 is 0 Å². The van der Waals surface area contributed by atoms with E-state index >= 15 is 0 Å². The molecule has 4 nitrogen and oxygen atoms in total. The molecule has 2 aromatic rings. The molecular formula is C19H20ClNO3. The van der Waals surface area contributed by atoms with Gasteiger partial charge in [0.25, 0.3) is 0 Å². The molecule has 2 aromatic carbocycles. The van der Waals surface area contributed by atoms with E-state index in [4.69, 9.17) is 21.1 Å². The maximum Gasteiger partial charge on any atom is 0.248 e. The Bertz CT molecular complexity index is 756. The van der Waals surface area contributed by atoms with Crippen LogP contribution in [0.3, 0.4) is 0 Å². The van der Waals surface area contributed by atoms with Crippen molar-refractivity contribution in [3.63, 3.8) is 0 Å². The Morgan fingerprint density at radius 1 is 1.21 bits per heavy atom. The Kier molecular flexibility index (Phi) is 6.27. The molecule has 0 aliphatic heterocycles. The highest BCUT2D eigenvalue weighted by Gasteiger charge is 2.10. The summed E-state index contributed by atoms with van der Waals surface area (Å²) in [4.78, 5) is 12.1. The van der Waals surface area contributed by atoms with Gasteiger partial charge >= 0.3 is 0 Å². The quantitative estimate of drug-likeness (QED) is 0.780. The predicted molar refractivity (Wildman–Crippen MR) is 98.0 cm³/mol. The maximum absolute atomic E-state index is 12.1. The summed E-state index contributed by atoms with van der Waals surface area (Å²) in [5, 5.41) is 3.31. The van der Waals surface area contributed by atoms with Crippen molar-refractivity contribution in [2.24, 2.45) is 0 Å². The molecule has 0 saturated heterocycles. The van der Waals surface area contributed by atoms with Crippen LogP contribution >= 0.6 is 11.6 Å². The van der Waals surface area contributed by atoms with Crippen molar-refractivity contribution in [2.45, 2.75) is 13.3 Å². The second kappa shape index (κ2) is 8.41. The van der Waals surface area contributed by atoms with Gasteiger partial charge < -0.3 is 14.8 Å². The second-order valence-electron chi connectivity index (χ2n) is 5.07. The van der Waals surface area contributed by atoms with Gasteiger partial charge in [-0.05, 0) is 41.8 Å². The predicted octanol–water partition coefficient (Wildman–Crippen LogP) is 4.57. The van der Waals surface area contributed by atoms with E-state index in [2.05, 4.69) is 5.32 Å². The van der Waals surface area contributed by atoms with Crippen LogP contribution in [-0.4, -0.2) is 20.1 Å². The third-order valence-corrected chi connectivity index (χ3v) is 3.82. The second-order valence-corrected chi connectivity index (χ2v) is 5.48. The zero-order valence-electron chi connectivity index (χ0n) is 13.9. The number of amides is 1. The van der Waals surface area contributed by atoms with Crippen LogP contribution in [0.25, 0.3) is 6.08 Å². The summed E-state index contributed by atoms with van der Waals surface area (Å²) in [5.41, 5.74) is 2.66. The average molecular weight is 346 g/mol. The lowest BCUT2D eigenvalue weighted by molar-refractivity contribution is -0.111. The van der Waals surface area contributed by atoms with Gasteiger partial charge in [-0.2, -0.15) is 0 Å². The van der Waals surface area contributed by atoms with Crippen molar-refractivity contribution in [1.29, 1.82) is 0 Å². The highest BCUT2D eigenvalue weighted by atomic mass is 35.5. The number of hydrogen-bond acceptors (Lipinski definition) is 3. The summed E-state index contributed by atoms with van der Waals surface area (Å²) < 4.78 is 10.4. The summed E-state index contributed by atoms with van der Waals surface area (Å²) in [6.45, 7) is 2.05. The summed E-state index contributed by atoms with van der Waals surface area (Å²) in [6, 6.07) is 11.2. The Labute approximate surface area is 147 Å². The van der Waals surface area contributed by atoms with Gasteiger partial charge in [0.05, 0.1) is 19.2 Å². The van der Waals surface area contributed by atoms with Crippen molar-refractivity contribution in [1.82, 2.24) is 0 Å². The normalized spacial score (nSPS) is 10.7. The van der Waals surface area contributed by atoms with E-state index in [1.54, 1.807) is 18.2 Å². The van der Waals surface area contributed by atoms with Gasteiger partial charge in [-0.15, -0.1) is 0 Å². The van der Waals surface area contributed by atoms with Gasteiger partial charge in [0.1, 0.15) is 0 Å². The third kappa shape index (κ3) is 4.30. The molecule has 0 spiro atoms. The lowest BCUT2D eigenvalue weighted by atomic mass is 10.1. The molecular weight excluding hydrogens is 326 g/mol. The SMILES string of the molecule is CCc1ccccc1NC(=O)/C=C/c1cc(Cl)c(OC)c(OC)c1. The van der Waals surface area contributed by atoms with Crippen LogP contribution in [0.5, 0.6) is 11.5 Å². The van der Waals surface area contributed by atoms with E-state index in [0.29, 0.717) is 16.5 Å². The Balaban J connectivity index is 2.15. The summed E-state index contributed by atoms with van der Waals surface area (Å²) in [7, 11) is 3.06. The van der Waals surface area contributed by atoms with Gasteiger partial charge in [0, 0.05) is 11.8 Å². The van der Waals surface area contributed by atoms with Crippen LogP contribution in [0.2, 0.25) is 5.02 Å². The molecule has 24 heavy (non-hydrogen) atoms. The number of ether oxygens (including phenoxy) is 2. The zero-order valence-corrected chi connectivity index (χ0v) is 14.7. The Morgan fingerprint density at radius 3 is 2.62 bits per heavy atom. The standard InChI is InChI=1S/C19H20ClNO3/c1-4-14-7-5-6-8-16(14)21-18(22)10-9-13-11-15(20)19(24-3)17(12-13)23-2/h5-12H,4H2,1-3H3,(H,21,22)/b10-9+. The average Bonchev–Trinajstić information content (AvgIpc) is 2.59. The molecule has 0 aliphatic carbocycles. The molecule has 2 rings (SSSR count). The molecule has 1 N–H and O–H groups in total. The van der Waals surface area contributed by atoms with Crippen molar-refractivity contribution >= 4 is 29.3 Å². The molecule has 0 radical (unpaired) electrons. The first kappa shape index (κ1) is 17.9. The van der Waals surface area contributed by atoms with Gasteiger partial charge in [0.15, 0.2) is 11.5 Å². The van der Waals surface area contributed by atoms with Crippen LogP contribution in [0.4, 0.5) is 5.69 Å². The van der Waals surface area contributed by atoms with Crippen LogP contribution < -0.4 is 14.8 Å². The Morgan fingerprint density at radius 2 is 1.96 bits per heavy atom. The summed E-state index contributed by atoms with van der Waals surface area (Å²) in [6.07, 6.45) is 3.99. The number of aryl methyl sites for hydroxylation is 1. The minimum Gasteiger partial charge on any atom is -0.493 e. The first-order valence-electron chi connectivity index (χ1n) is 7.57. The lowest BCUT2D eigenvalue weighted by Gasteiger charge is -2.10. The fourth-order valence-corrected chi connectivity index (χ4v) is 2.63. The molecule has 0 aliphatic rings. The molecule has 0 atom stereocenters. The van der Waals surface area contributed by atoms with E-state index in [1.165, 1.54) is 20.3 Å². The lowest BCUT2D eigenvalue weighted by Crippen LogP contribution is -2.09. The largest absolute Gasteiger partial charge is 0.493 e. The number of carbonyl (C=O) groups excluding carboxylic acids is 1. The molecule has 0 aromatic heterocycles. The molecule has 0 bridgehead atoms. The summed E-state index contributed by atoms with van der Waals surface area (Å²) >= 11 is 6.16. The number of methoxy groups -OCH3 is 2. The molecule has 0 unspecified atom stereocenters. The highest BCUT2D eigenvalue weighted by molar-refractivity contribution is 6.32. The highest BCUT2D eigenvalue weighted by Crippen LogP contribution is 2.36.